The minimum atomic E-state index is -0.519. The monoisotopic (exact) mass is 315 g/mol. The van der Waals surface area contributed by atoms with Crippen LogP contribution in [0.2, 0.25) is 0 Å². The molecule has 1 aromatic rings. The Bertz CT molecular complexity index is 491. The van der Waals surface area contributed by atoms with E-state index in [0.717, 1.165) is 0 Å². The summed E-state index contributed by atoms with van der Waals surface area (Å²) in [5.74, 6) is -1.08. The molecule has 3 N–H and O–H groups in total. The van der Waals surface area contributed by atoms with Gasteiger partial charge in [0.15, 0.2) is 0 Å². The van der Waals surface area contributed by atoms with Crippen molar-refractivity contribution in [1.29, 1.82) is 0 Å². The largest absolute Gasteiger partial charge is 0.468 e. The van der Waals surface area contributed by atoms with Gasteiger partial charge in [0.1, 0.15) is 6.54 Å². The number of esters is 1. The summed E-state index contributed by atoms with van der Waals surface area (Å²) in [6.45, 7) is 0.0252. The van der Waals surface area contributed by atoms with E-state index >= 15 is 0 Å². The maximum Gasteiger partial charge on any atom is 0.325 e. The van der Waals surface area contributed by atoms with Crippen molar-refractivity contribution in [3.05, 3.63) is 29.8 Å². The molecule has 1 aromatic carbocycles. The van der Waals surface area contributed by atoms with Crippen LogP contribution in [0, 0.1) is 0 Å². The number of amides is 2. The Hall–Kier alpha value is -2.12. The normalized spacial score (nSPS) is 9.24. The number of likely N-dealkylation sites (N-methyl/N-ethyl adjacent to an activating group) is 1. The van der Waals surface area contributed by atoms with Crippen molar-refractivity contribution in [1.82, 2.24) is 10.6 Å². The van der Waals surface area contributed by atoms with Gasteiger partial charge >= 0.3 is 5.97 Å². The first-order chi connectivity index (χ1) is 9.56. The number of ether oxygens (including phenoxy) is 1. The summed E-state index contributed by atoms with van der Waals surface area (Å²) < 4.78 is 4.42. The Kier molecular flexibility index (Phi) is 8.75. The van der Waals surface area contributed by atoms with E-state index in [4.69, 9.17) is 0 Å². The molecular formula is C13H18ClN3O4. The van der Waals surface area contributed by atoms with Crippen molar-refractivity contribution >= 4 is 35.9 Å². The van der Waals surface area contributed by atoms with E-state index < -0.39 is 5.97 Å². The number of halogens is 1. The molecule has 0 aliphatic heterocycles. The van der Waals surface area contributed by atoms with Crippen LogP contribution in [0.15, 0.2) is 24.3 Å². The first kappa shape index (κ1) is 18.9. The van der Waals surface area contributed by atoms with E-state index in [9.17, 15) is 14.4 Å². The Morgan fingerprint density at radius 1 is 1.10 bits per heavy atom. The topological polar surface area (TPSA) is 96.5 Å². The first-order valence-electron chi connectivity index (χ1n) is 5.96. The lowest BCUT2D eigenvalue weighted by molar-refractivity contribution is -0.139. The van der Waals surface area contributed by atoms with E-state index in [1.165, 1.54) is 7.11 Å². The van der Waals surface area contributed by atoms with Crippen LogP contribution in [0.1, 0.15) is 10.4 Å². The Balaban J connectivity index is 0.00000400. The second kappa shape index (κ2) is 9.73. The summed E-state index contributed by atoms with van der Waals surface area (Å²) in [5, 5.41) is 7.81. The molecule has 1 rings (SSSR count). The van der Waals surface area contributed by atoms with E-state index in [0.29, 0.717) is 11.3 Å². The summed E-state index contributed by atoms with van der Waals surface area (Å²) in [4.78, 5) is 33.9. The molecule has 0 heterocycles. The molecule has 0 fully saturated rings. The minimum Gasteiger partial charge on any atom is -0.468 e. The number of carbonyl (C=O) groups is 3. The van der Waals surface area contributed by atoms with Crippen LogP contribution in [0.4, 0.5) is 5.69 Å². The highest BCUT2D eigenvalue weighted by molar-refractivity contribution is 5.97. The zero-order chi connectivity index (χ0) is 15.0. The van der Waals surface area contributed by atoms with Crippen LogP contribution in [0.3, 0.4) is 0 Å². The highest BCUT2D eigenvalue weighted by Crippen LogP contribution is 2.09. The van der Waals surface area contributed by atoms with Gasteiger partial charge in [0.25, 0.3) is 5.91 Å². The number of methoxy groups -OCH3 is 1. The van der Waals surface area contributed by atoms with Crippen LogP contribution in [-0.4, -0.2) is 45.0 Å². The fourth-order valence-corrected chi connectivity index (χ4v) is 1.40. The second-order valence-corrected chi connectivity index (χ2v) is 3.91. The molecule has 0 saturated heterocycles. The number of carbonyl (C=O) groups excluding carboxylic acids is 3. The second-order valence-electron chi connectivity index (χ2n) is 3.91. The molecule has 0 aliphatic carbocycles. The molecule has 21 heavy (non-hydrogen) atoms. The lowest BCUT2D eigenvalue weighted by atomic mass is 10.2. The SMILES string of the molecule is CNCC(=O)Nc1ccc(C(=O)NCC(=O)OC)cc1.Cl. The third-order valence-electron chi connectivity index (χ3n) is 2.39. The van der Waals surface area contributed by atoms with E-state index in [-0.39, 0.29) is 37.3 Å². The van der Waals surface area contributed by atoms with Crippen molar-refractivity contribution in [3.8, 4) is 0 Å². The lowest BCUT2D eigenvalue weighted by Crippen LogP contribution is -2.30. The summed E-state index contributed by atoms with van der Waals surface area (Å²) in [5.41, 5.74) is 0.982. The van der Waals surface area contributed by atoms with Gasteiger partial charge in [0, 0.05) is 11.3 Å². The molecule has 0 atom stereocenters. The Morgan fingerprint density at radius 2 is 1.71 bits per heavy atom. The van der Waals surface area contributed by atoms with Crippen LogP contribution in [-0.2, 0) is 14.3 Å². The van der Waals surface area contributed by atoms with Crippen molar-refractivity contribution in [2.75, 3.05) is 32.6 Å². The van der Waals surface area contributed by atoms with E-state index in [1.54, 1.807) is 31.3 Å². The van der Waals surface area contributed by atoms with Crippen molar-refractivity contribution < 1.29 is 19.1 Å². The fourth-order valence-electron chi connectivity index (χ4n) is 1.40. The molecule has 7 nitrogen and oxygen atoms in total. The Labute approximate surface area is 128 Å². The number of hydrogen-bond donors (Lipinski definition) is 3. The predicted molar refractivity (Wildman–Crippen MR) is 80.6 cm³/mol. The molecule has 0 spiro atoms. The number of benzene rings is 1. The quantitative estimate of drug-likeness (QED) is 0.650. The first-order valence-corrected chi connectivity index (χ1v) is 5.96. The number of hydrogen-bond acceptors (Lipinski definition) is 5. The van der Waals surface area contributed by atoms with Gasteiger partial charge in [-0.15, -0.1) is 12.4 Å². The van der Waals surface area contributed by atoms with Gasteiger partial charge in [-0.25, -0.2) is 0 Å². The Morgan fingerprint density at radius 3 is 2.24 bits per heavy atom. The molecule has 8 heteroatoms. The molecule has 116 valence electrons. The van der Waals surface area contributed by atoms with Gasteiger partial charge < -0.3 is 20.7 Å². The smallest absolute Gasteiger partial charge is 0.325 e. The van der Waals surface area contributed by atoms with Gasteiger partial charge in [0.2, 0.25) is 5.91 Å². The summed E-state index contributed by atoms with van der Waals surface area (Å²) in [6, 6.07) is 6.34. The third-order valence-corrected chi connectivity index (χ3v) is 2.39. The molecule has 0 radical (unpaired) electrons. The summed E-state index contributed by atoms with van der Waals surface area (Å²) >= 11 is 0. The minimum absolute atomic E-state index is 0. The lowest BCUT2D eigenvalue weighted by Gasteiger charge is -2.07. The van der Waals surface area contributed by atoms with Gasteiger partial charge in [0.05, 0.1) is 13.7 Å². The van der Waals surface area contributed by atoms with Crippen molar-refractivity contribution in [2.24, 2.45) is 0 Å². The van der Waals surface area contributed by atoms with Gasteiger partial charge in [-0.1, -0.05) is 0 Å². The van der Waals surface area contributed by atoms with Crippen LogP contribution >= 0.6 is 12.4 Å². The molecule has 0 aliphatic rings. The highest BCUT2D eigenvalue weighted by Gasteiger charge is 2.08. The third kappa shape index (κ3) is 6.73. The molecule has 0 saturated carbocycles. The van der Waals surface area contributed by atoms with E-state index in [1.807, 2.05) is 0 Å². The zero-order valence-electron chi connectivity index (χ0n) is 11.8. The zero-order valence-corrected chi connectivity index (χ0v) is 12.6. The molecular weight excluding hydrogens is 298 g/mol. The number of anilines is 1. The fraction of sp³-hybridized carbons (Fsp3) is 0.308. The van der Waals surface area contributed by atoms with Gasteiger partial charge in [-0.05, 0) is 31.3 Å². The standard InChI is InChI=1S/C13H17N3O4.ClH/c1-14-7-11(17)16-10-5-3-9(4-6-10)13(19)15-8-12(18)20-2;/h3-6,14H,7-8H2,1-2H3,(H,15,19)(H,16,17);1H. The van der Waals surface area contributed by atoms with Gasteiger partial charge in [-0.3, -0.25) is 14.4 Å². The molecule has 0 bridgehead atoms. The summed E-state index contributed by atoms with van der Waals surface area (Å²) in [6.07, 6.45) is 0. The predicted octanol–water partition coefficient (Wildman–Crippen LogP) is 0.169. The molecule has 2 amide bonds. The van der Waals surface area contributed by atoms with Crippen LogP contribution < -0.4 is 16.0 Å². The molecule has 0 unspecified atom stereocenters. The van der Waals surface area contributed by atoms with Crippen molar-refractivity contribution in [2.45, 2.75) is 0 Å². The summed E-state index contributed by atoms with van der Waals surface area (Å²) in [7, 11) is 2.92. The molecule has 0 aromatic heterocycles. The maximum absolute atomic E-state index is 11.7. The van der Waals surface area contributed by atoms with Crippen molar-refractivity contribution in [3.63, 3.8) is 0 Å². The van der Waals surface area contributed by atoms with Crippen LogP contribution in [0.25, 0.3) is 0 Å². The maximum atomic E-state index is 11.7. The average Bonchev–Trinajstić information content (AvgIpc) is 2.45. The van der Waals surface area contributed by atoms with Gasteiger partial charge in [-0.2, -0.15) is 0 Å². The highest BCUT2D eigenvalue weighted by atomic mass is 35.5. The number of rotatable bonds is 6. The van der Waals surface area contributed by atoms with E-state index in [2.05, 4.69) is 20.7 Å². The average molecular weight is 316 g/mol. The van der Waals surface area contributed by atoms with Crippen LogP contribution in [0.5, 0.6) is 0 Å². The number of nitrogens with one attached hydrogen (secondary N) is 3.